The summed E-state index contributed by atoms with van der Waals surface area (Å²) in [6.07, 6.45) is -1.75. The Bertz CT molecular complexity index is 1050. The molecule has 0 fully saturated rings. The number of hydrogen-bond acceptors (Lipinski definition) is 3. The van der Waals surface area contributed by atoms with E-state index < -0.39 is 11.7 Å². The second-order valence-corrected chi connectivity index (χ2v) is 7.69. The highest BCUT2D eigenvalue weighted by Gasteiger charge is 2.29. The third-order valence-electron chi connectivity index (χ3n) is 5.20. The van der Waals surface area contributed by atoms with Gasteiger partial charge >= 0.3 is 6.18 Å². The Morgan fingerprint density at radius 2 is 1.83 bits per heavy atom. The number of amides is 1. The molecule has 0 radical (unpaired) electrons. The fraction of sp³-hybridized carbons (Fsp3) is 0.409. The highest BCUT2D eigenvalue weighted by atomic mass is 19.4. The van der Waals surface area contributed by atoms with Crippen molar-refractivity contribution in [2.24, 2.45) is 0 Å². The molecule has 30 heavy (non-hydrogen) atoms. The molecule has 2 aromatic heterocycles. The van der Waals surface area contributed by atoms with Gasteiger partial charge in [0.2, 0.25) is 5.91 Å². The lowest BCUT2D eigenvalue weighted by Crippen LogP contribution is -2.23. The molecule has 3 aromatic rings. The molecule has 2 heterocycles. The highest BCUT2D eigenvalue weighted by molar-refractivity contribution is 5.81. The maximum absolute atomic E-state index is 12.6. The number of rotatable bonds is 6. The second kappa shape index (κ2) is 8.45. The molecule has 0 spiro atoms. The normalized spacial score (nSPS) is 12.0. The van der Waals surface area contributed by atoms with Gasteiger partial charge in [-0.05, 0) is 62.9 Å². The van der Waals surface area contributed by atoms with Crippen molar-refractivity contribution in [2.45, 2.75) is 59.3 Å². The largest absolute Gasteiger partial charge is 0.416 e. The van der Waals surface area contributed by atoms with Crippen molar-refractivity contribution in [2.75, 3.05) is 0 Å². The number of aryl methyl sites for hydroxylation is 2. The molecule has 3 rings (SSSR count). The van der Waals surface area contributed by atoms with Crippen LogP contribution in [0.5, 0.6) is 0 Å². The van der Waals surface area contributed by atoms with Crippen molar-refractivity contribution in [3.63, 3.8) is 0 Å². The summed E-state index contributed by atoms with van der Waals surface area (Å²) in [5.74, 6) is -0.160. The van der Waals surface area contributed by atoms with Crippen LogP contribution in [0, 0.1) is 13.8 Å². The van der Waals surface area contributed by atoms with E-state index in [1.807, 2.05) is 38.6 Å². The van der Waals surface area contributed by atoms with Crippen molar-refractivity contribution < 1.29 is 18.0 Å². The average Bonchev–Trinajstić information content (AvgIpc) is 3.10. The van der Waals surface area contributed by atoms with Gasteiger partial charge in [0.25, 0.3) is 0 Å². The topological polar surface area (TPSA) is 59.8 Å². The van der Waals surface area contributed by atoms with Gasteiger partial charge in [0.05, 0.1) is 11.8 Å². The van der Waals surface area contributed by atoms with Crippen molar-refractivity contribution in [1.29, 1.82) is 0 Å². The van der Waals surface area contributed by atoms with Crippen LogP contribution in [0.3, 0.4) is 0 Å². The number of nitrogens with zero attached hydrogens (tertiary/aromatic N) is 3. The fourth-order valence-electron chi connectivity index (χ4n) is 3.48. The first-order valence-corrected chi connectivity index (χ1v) is 9.84. The summed E-state index contributed by atoms with van der Waals surface area (Å²) in [7, 11) is 0. The SMILES string of the molecule is Cc1nc2c(cnn2C(C)C)c(C)c1CCC(=O)NCc1ccc(C(F)(F)F)cc1. The summed E-state index contributed by atoms with van der Waals surface area (Å²) in [4.78, 5) is 17.0. The Morgan fingerprint density at radius 1 is 1.17 bits per heavy atom. The standard InChI is InChI=1S/C22H25F3N4O/c1-13(2)29-21-19(12-27-29)14(3)18(15(4)28-21)9-10-20(30)26-11-16-5-7-17(8-6-16)22(23,24)25/h5-8,12-13H,9-11H2,1-4H3,(H,26,30). The Kier molecular flexibility index (Phi) is 6.14. The minimum absolute atomic E-state index is 0.160. The molecule has 1 amide bonds. The van der Waals surface area contributed by atoms with Crippen LogP contribution in [0.4, 0.5) is 13.2 Å². The molecular formula is C22H25F3N4O. The molecular weight excluding hydrogens is 393 g/mol. The number of nitrogens with one attached hydrogen (secondary N) is 1. The Morgan fingerprint density at radius 3 is 2.43 bits per heavy atom. The molecule has 0 saturated carbocycles. The van der Waals surface area contributed by atoms with Gasteiger partial charge in [-0.2, -0.15) is 18.3 Å². The molecule has 0 bridgehead atoms. The predicted octanol–water partition coefficient (Wildman–Crippen LogP) is 4.90. The first kappa shape index (κ1) is 21.8. The highest BCUT2D eigenvalue weighted by Crippen LogP contribution is 2.29. The number of aromatic nitrogens is 3. The number of carbonyl (C=O) groups is 1. The molecule has 5 nitrogen and oxygen atoms in total. The lowest BCUT2D eigenvalue weighted by Gasteiger charge is -2.13. The molecule has 160 valence electrons. The zero-order valence-corrected chi connectivity index (χ0v) is 17.5. The first-order chi connectivity index (χ1) is 14.1. The minimum atomic E-state index is -4.36. The van der Waals surface area contributed by atoms with E-state index in [9.17, 15) is 18.0 Å². The number of benzene rings is 1. The molecule has 8 heteroatoms. The summed E-state index contributed by atoms with van der Waals surface area (Å²) in [5, 5.41) is 8.17. The number of fused-ring (bicyclic) bond motifs is 1. The van der Waals surface area contributed by atoms with E-state index in [2.05, 4.69) is 10.4 Å². The average molecular weight is 418 g/mol. The van der Waals surface area contributed by atoms with E-state index in [1.165, 1.54) is 12.1 Å². The molecule has 0 aliphatic heterocycles. The maximum Gasteiger partial charge on any atom is 0.416 e. The zero-order valence-electron chi connectivity index (χ0n) is 17.5. The van der Waals surface area contributed by atoms with E-state index in [-0.39, 0.29) is 24.9 Å². The second-order valence-electron chi connectivity index (χ2n) is 7.69. The zero-order chi connectivity index (χ0) is 22.1. The summed E-state index contributed by atoms with van der Waals surface area (Å²) in [6, 6.07) is 5.00. The maximum atomic E-state index is 12.6. The lowest BCUT2D eigenvalue weighted by molar-refractivity contribution is -0.137. The van der Waals surface area contributed by atoms with Crippen LogP contribution < -0.4 is 5.32 Å². The van der Waals surface area contributed by atoms with Gasteiger partial charge in [0.1, 0.15) is 0 Å². The molecule has 1 aromatic carbocycles. The van der Waals surface area contributed by atoms with Crippen LogP contribution in [-0.4, -0.2) is 20.7 Å². The summed E-state index contributed by atoms with van der Waals surface area (Å²) >= 11 is 0. The lowest BCUT2D eigenvalue weighted by atomic mass is 10.0. The van der Waals surface area contributed by atoms with Crippen LogP contribution in [0.2, 0.25) is 0 Å². The van der Waals surface area contributed by atoms with E-state index in [0.717, 1.165) is 40.0 Å². The summed E-state index contributed by atoms with van der Waals surface area (Å²) in [6.45, 7) is 8.23. The molecule has 0 aliphatic carbocycles. The third-order valence-corrected chi connectivity index (χ3v) is 5.20. The van der Waals surface area contributed by atoms with Crippen LogP contribution >= 0.6 is 0 Å². The number of alkyl halides is 3. The van der Waals surface area contributed by atoms with E-state index in [1.54, 1.807) is 0 Å². The van der Waals surface area contributed by atoms with Crippen LogP contribution in [0.15, 0.2) is 30.5 Å². The monoisotopic (exact) mass is 418 g/mol. The van der Waals surface area contributed by atoms with Gasteiger partial charge in [0.15, 0.2) is 5.65 Å². The molecule has 1 N–H and O–H groups in total. The first-order valence-electron chi connectivity index (χ1n) is 9.84. The Balaban J connectivity index is 1.63. The number of hydrogen-bond donors (Lipinski definition) is 1. The third kappa shape index (κ3) is 4.63. The molecule has 0 atom stereocenters. The van der Waals surface area contributed by atoms with Gasteiger partial charge in [-0.25, -0.2) is 9.67 Å². The van der Waals surface area contributed by atoms with Crippen molar-refractivity contribution >= 4 is 16.9 Å². The van der Waals surface area contributed by atoms with Crippen molar-refractivity contribution in [1.82, 2.24) is 20.1 Å². The van der Waals surface area contributed by atoms with E-state index in [0.29, 0.717) is 12.0 Å². The Labute approximate surface area is 173 Å². The van der Waals surface area contributed by atoms with Gasteiger partial charge in [-0.1, -0.05) is 12.1 Å². The number of pyridine rings is 1. The summed E-state index contributed by atoms with van der Waals surface area (Å²) in [5.41, 5.74) is 3.73. The predicted molar refractivity (Wildman–Crippen MR) is 109 cm³/mol. The molecule has 0 aliphatic rings. The van der Waals surface area contributed by atoms with Gasteiger partial charge in [-0.3, -0.25) is 4.79 Å². The smallest absolute Gasteiger partial charge is 0.352 e. The van der Waals surface area contributed by atoms with Gasteiger partial charge < -0.3 is 5.32 Å². The van der Waals surface area contributed by atoms with Crippen LogP contribution in [-0.2, 0) is 23.9 Å². The van der Waals surface area contributed by atoms with Gasteiger partial charge in [0, 0.05) is 30.1 Å². The number of carbonyl (C=O) groups excluding carboxylic acids is 1. The van der Waals surface area contributed by atoms with Crippen molar-refractivity contribution in [3.05, 3.63) is 58.4 Å². The Hall–Kier alpha value is -2.90. The number of halogens is 3. The van der Waals surface area contributed by atoms with Crippen molar-refractivity contribution in [3.8, 4) is 0 Å². The molecule has 0 saturated heterocycles. The van der Waals surface area contributed by atoms with E-state index in [4.69, 9.17) is 4.98 Å². The van der Waals surface area contributed by atoms with Crippen LogP contribution in [0.1, 0.15) is 54.3 Å². The van der Waals surface area contributed by atoms with E-state index >= 15 is 0 Å². The van der Waals surface area contributed by atoms with Gasteiger partial charge in [-0.15, -0.1) is 0 Å². The molecule has 0 unspecified atom stereocenters. The quantitative estimate of drug-likeness (QED) is 0.620. The fourth-order valence-corrected chi connectivity index (χ4v) is 3.48. The van der Waals surface area contributed by atoms with Crippen LogP contribution in [0.25, 0.3) is 11.0 Å². The minimum Gasteiger partial charge on any atom is -0.352 e. The summed E-state index contributed by atoms with van der Waals surface area (Å²) < 4.78 is 39.7.